The molecule has 88 valence electrons. The fourth-order valence-electron chi connectivity index (χ4n) is 1.48. The van der Waals surface area contributed by atoms with Gasteiger partial charge in [0.05, 0.1) is 12.8 Å². The van der Waals surface area contributed by atoms with Gasteiger partial charge < -0.3 is 14.9 Å². The molecule has 1 aliphatic rings. The topological polar surface area (TPSA) is 105 Å². The highest BCUT2D eigenvalue weighted by Gasteiger charge is 2.36. The van der Waals surface area contributed by atoms with Gasteiger partial charge in [-0.05, 0) is 0 Å². The number of hydrogen-bond acceptors (Lipinski definition) is 5. The molecule has 0 saturated carbocycles. The van der Waals surface area contributed by atoms with E-state index < -0.39 is 35.5 Å². The van der Waals surface area contributed by atoms with E-state index in [1.165, 1.54) is 0 Å². The highest BCUT2D eigenvalue weighted by Crippen LogP contribution is 2.22. The zero-order valence-electron chi connectivity index (χ0n) is 7.96. The molecule has 1 fully saturated rings. The highest BCUT2D eigenvalue weighted by atomic mass is 19.1. The van der Waals surface area contributed by atoms with E-state index in [9.17, 15) is 24.2 Å². The summed E-state index contributed by atoms with van der Waals surface area (Å²) in [6, 6.07) is 0. The van der Waals surface area contributed by atoms with Gasteiger partial charge in [0.2, 0.25) is 5.82 Å². The standard InChI is InChI=1S/C8H9FN2O5/c9-3-1-11(8(15)10-6(3)14)7-5(13)4(12)2-16-7/h1,4-5,7,12-13H,2H2,(H,10,14,15). The minimum Gasteiger partial charge on any atom is -0.388 e. The van der Waals surface area contributed by atoms with Crippen LogP contribution in [0.15, 0.2) is 15.8 Å². The van der Waals surface area contributed by atoms with Crippen LogP contribution in [-0.4, -0.2) is 38.6 Å². The Kier molecular flexibility index (Phi) is 2.62. The van der Waals surface area contributed by atoms with Crippen LogP contribution in [-0.2, 0) is 4.74 Å². The quantitative estimate of drug-likeness (QED) is 0.515. The van der Waals surface area contributed by atoms with E-state index in [4.69, 9.17) is 4.74 Å². The molecule has 2 heterocycles. The molecule has 0 amide bonds. The maximum Gasteiger partial charge on any atom is 0.330 e. The highest BCUT2D eigenvalue weighted by molar-refractivity contribution is 4.91. The van der Waals surface area contributed by atoms with Crippen molar-refractivity contribution in [3.63, 3.8) is 0 Å². The molecule has 3 atom stereocenters. The first kappa shape index (κ1) is 11.0. The first-order chi connectivity index (χ1) is 7.50. The Morgan fingerprint density at radius 3 is 2.75 bits per heavy atom. The number of rotatable bonds is 1. The summed E-state index contributed by atoms with van der Waals surface area (Å²) in [5.74, 6) is -1.17. The van der Waals surface area contributed by atoms with E-state index in [1.807, 2.05) is 0 Å². The maximum absolute atomic E-state index is 12.9. The number of aromatic nitrogens is 2. The van der Waals surface area contributed by atoms with Gasteiger partial charge in [-0.1, -0.05) is 0 Å². The Labute approximate surface area is 87.7 Å². The largest absolute Gasteiger partial charge is 0.388 e. The first-order valence-corrected chi connectivity index (χ1v) is 4.49. The Balaban J connectivity index is 2.45. The third-order valence-electron chi connectivity index (χ3n) is 2.32. The number of halogens is 1. The van der Waals surface area contributed by atoms with E-state index >= 15 is 0 Å². The zero-order chi connectivity index (χ0) is 11.9. The minimum absolute atomic E-state index is 0.168. The van der Waals surface area contributed by atoms with Crippen molar-refractivity contribution in [2.24, 2.45) is 0 Å². The summed E-state index contributed by atoms with van der Waals surface area (Å²) in [6.07, 6.45) is -3.06. The molecule has 0 radical (unpaired) electrons. The lowest BCUT2D eigenvalue weighted by Gasteiger charge is -2.16. The van der Waals surface area contributed by atoms with Crippen molar-refractivity contribution in [3.8, 4) is 0 Å². The lowest BCUT2D eigenvalue weighted by Crippen LogP contribution is -2.38. The lowest BCUT2D eigenvalue weighted by atomic mass is 10.2. The number of aromatic amines is 1. The predicted molar refractivity (Wildman–Crippen MR) is 48.3 cm³/mol. The normalized spacial score (nSPS) is 29.6. The molecule has 0 spiro atoms. The van der Waals surface area contributed by atoms with Crippen LogP contribution in [0.1, 0.15) is 6.23 Å². The lowest BCUT2D eigenvalue weighted by molar-refractivity contribution is -0.0218. The van der Waals surface area contributed by atoms with E-state index in [0.717, 1.165) is 0 Å². The maximum atomic E-state index is 12.9. The number of nitrogens with one attached hydrogen (secondary N) is 1. The Hall–Kier alpha value is -1.51. The number of nitrogens with zero attached hydrogens (tertiary/aromatic N) is 1. The summed E-state index contributed by atoms with van der Waals surface area (Å²) in [5.41, 5.74) is -2.06. The smallest absolute Gasteiger partial charge is 0.330 e. The van der Waals surface area contributed by atoms with Crippen molar-refractivity contribution in [3.05, 3.63) is 32.9 Å². The van der Waals surface area contributed by atoms with E-state index in [1.54, 1.807) is 4.98 Å². The van der Waals surface area contributed by atoms with Gasteiger partial charge in [-0.15, -0.1) is 0 Å². The van der Waals surface area contributed by atoms with Gasteiger partial charge >= 0.3 is 5.69 Å². The monoisotopic (exact) mass is 232 g/mol. The molecule has 16 heavy (non-hydrogen) atoms. The first-order valence-electron chi connectivity index (χ1n) is 4.49. The van der Waals surface area contributed by atoms with Gasteiger partial charge in [0.15, 0.2) is 6.23 Å². The molecule has 1 aromatic rings. The molecule has 1 aromatic heterocycles. The van der Waals surface area contributed by atoms with Crippen LogP contribution >= 0.6 is 0 Å². The third-order valence-corrected chi connectivity index (χ3v) is 2.32. The molecule has 7 nitrogen and oxygen atoms in total. The van der Waals surface area contributed by atoms with Gasteiger partial charge in [0, 0.05) is 0 Å². The zero-order valence-corrected chi connectivity index (χ0v) is 7.96. The summed E-state index contributed by atoms with van der Waals surface area (Å²) in [5, 5.41) is 18.6. The number of aliphatic hydroxyl groups is 2. The molecule has 0 aliphatic carbocycles. The summed E-state index contributed by atoms with van der Waals surface area (Å²) >= 11 is 0. The summed E-state index contributed by atoms with van der Waals surface area (Å²) in [4.78, 5) is 23.8. The van der Waals surface area contributed by atoms with Crippen molar-refractivity contribution in [2.45, 2.75) is 18.4 Å². The molecule has 3 unspecified atom stereocenters. The van der Waals surface area contributed by atoms with Gasteiger partial charge in [0.25, 0.3) is 5.56 Å². The van der Waals surface area contributed by atoms with Crippen LogP contribution in [0.5, 0.6) is 0 Å². The fraction of sp³-hybridized carbons (Fsp3) is 0.500. The minimum atomic E-state index is -1.34. The second-order valence-corrected chi connectivity index (χ2v) is 3.43. The molecule has 1 aliphatic heterocycles. The van der Waals surface area contributed by atoms with Crippen LogP contribution in [0.2, 0.25) is 0 Å². The molecule has 2 rings (SSSR count). The molecular weight excluding hydrogens is 223 g/mol. The van der Waals surface area contributed by atoms with Crippen molar-refractivity contribution in [1.82, 2.24) is 9.55 Å². The number of aliphatic hydroxyl groups excluding tert-OH is 2. The van der Waals surface area contributed by atoms with Crippen LogP contribution in [0.3, 0.4) is 0 Å². The third kappa shape index (κ3) is 1.66. The van der Waals surface area contributed by atoms with Crippen LogP contribution < -0.4 is 11.2 Å². The Morgan fingerprint density at radius 2 is 2.19 bits per heavy atom. The Bertz CT molecular complexity index is 510. The number of ether oxygens (including phenoxy) is 1. The van der Waals surface area contributed by atoms with Crippen LogP contribution in [0, 0.1) is 5.82 Å². The van der Waals surface area contributed by atoms with Gasteiger partial charge in [-0.2, -0.15) is 4.39 Å². The molecule has 8 heteroatoms. The molecule has 0 bridgehead atoms. The average molecular weight is 232 g/mol. The van der Waals surface area contributed by atoms with Crippen molar-refractivity contribution < 1.29 is 19.3 Å². The van der Waals surface area contributed by atoms with Crippen LogP contribution in [0.25, 0.3) is 0 Å². The second kappa shape index (κ2) is 3.81. The molecule has 1 saturated heterocycles. The summed E-state index contributed by atoms with van der Waals surface area (Å²) < 4.78 is 18.5. The Morgan fingerprint density at radius 1 is 1.50 bits per heavy atom. The van der Waals surface area contributed by atoms with Crippen molar-refractivity contribution in [2.75, 3.05) is 6.61 Å². The van der Waals surface area contributed by atoms with Gasteiger partial charge in [-0.25, -0.2) is 4.79 Å². The summed E-state index contributed by atoms with van der Waals surface area (Å²) in [7, 11) is 0. The van der Waals surface area contributed by atoms with Crippen LogP contribution in [0.4, 0.5) is 4.39 Å². The van der Waals surface area contributed by atoms with E-state index in [-0.39, 0.29) is 6.61 Å². The molecule has 3 N–H and O–H groups in total. The SMILES string of the molecule is O=c1[nH]c(=O)n(C2OCC(O)C2O)cc1F. The second-order valence-electron chi connectivity index (χ2n) is 3.43. The van der Waals surface area contributed by atoms with Crippen molar-refractivity contribution >= 4 is 0 Å². The number of H-pyrrole nitrogens is 1. The molecule has 0 aromatic carbocycles. The number of hydrogen-bond donors (Lipinski definition) is 3. The molecular formula is C8H9FN2O5. The summed E-state index contributed by atoms with van der Waals surface area (Å²) in [6.45, 7) is -0.168. The van der Waals surface area contributed by atoms with Crippen molar-refractivity contribution in [1.29, 1.82) is 0 Å². The van der Waals surface area contributed by atoms with Gasteiger partial charge in [0.1, 0.15) is 12.2 Å². The predicted octanol–water partition coefficient (Wildman–Crippen LogP) is -2.07. The van der Waals surface area contributed by atoms with E-state index in [2.05, 4.69) is 0 Å². The fourth-order valence-corrected chi connectivity index (χ4v) is 1.48. The van der Waals surface area contributed by atoms with Gasteiger partial charge in [-0.3, -0.25) is 14.3 Å². The van der Waals surface area contributed by atoms with E-state index in [0.29, 0.717) is 10.8 Å². The average Bonchev–Trinajstić information content (AvgIpc) is 2.54.